The first kappa shape index (κ1) is 18.5. The van der Waals surface area contributed by atoms with Gasteiger partial charge in [0.2, 0.25) is 0 Å². The van der Waals surface area contributed by atoms with Crippen LogP contribution < -0.4 is 10.1 Å². The minimum atomic E-state index is -0.805. The largest absolute Gasteiger partial charge is 0.497 e. The lowest BCUT2D eigenvalue weighted by molar-refractivity contribution is 0.0285. The first-order valence-electron chi connectivity index (χ1n) is 7.79. The average molecular weight is 340 g/mol. The Labute approximate surface area is 146 Å². The molecule has 0 bridgehead atoms. The summed E-state index contributed by atoms with van der Waals surface area (Å²) in [5.41, 5.74) is 1.89. The molecule has 6 heteroatoms. The smallest absolute Gasteiger partial charge is 0.251 e. The van der Waals surface area contributed by atoms with E-state index in [1.165, 1.54) is 0 Å². The van der Waals surface area contributed by atoms with Crippen molar-refractivity contribution in [3.8, 4) is 11.8 Å². The van der Waals surface area contributed by atoms with Crippen LogP contribution in [0.4, 0.5) is 0 Å². The number of benzene rings is 2. The van der Waals surface area contributed by atoms with E-state index in [2.05, 4.69) is 5.32 Å². The van der Waals surface area contributed by atoms with E-state index in [9.17, 15) is 9.90 Å². The highest BCUT2D eigenvalue weighted by atomic mass is 16.5. The molecule has 130 valence electrons. The molecule has 0 aromatic heterocycles. The summed E-state index contributed by atoms with van der Waals surface area (Å²) in [7, 11) is 1.61. The van der Waals surface area contributed by atoms with Gasteiger partial charge >= 0.3 is 0 Å². The van der Waals surface area contributed by atoms with Crippen LogP contribution in [0, 0.1) is 11.3 Å². The maximum atomic E-state index is 11.9. The predicted octanol–water partition coefficient (Wildman–Crippen LogP) is 1.87. The summed E-state index contributed by atoms with van der Waals surface area (Å²) in [5, 5.41) is 21.2. The Morgan fingerprint density at radius 3 is 2.48 bits per heavy atom. The summed E-state index contributed by atoms with van der Waals surface area (Å²) >= 11 is 0. The van der Waals surface area contributed by atoms with Crippen LogP contribution in [0.25, 0.3) is 0 Å². The maximum absolute atomic E-state index is 11.9. The summed E-state index contributed by atoms with van der Waals surface area (Å²) in [5.74, 6) is 0.466. The standard InChI is InChI=1S/C19H20N2O4/c1-24-18-8-4-15(5-9-18)12-25-13-17(22)11-21-19(23)16-6-2-14(10-20)3-7-16/h2-9,17,22H,11-13H2,1H3,(H,21,23)/t17-/m1/s1. The Morgan fingerprint density at radius 2 is 1.88 bits per heavy atom. The third-order valence-electron chi connectivity index (χ3n) is 3.51. The number of ether oxygens (including phenoxy) is 2. The van der Waals surface area contributed by atoms with Gasteiger partial charge in [-0.2, -0.15) is 5.26 Å². The first-order valence-corrected chi connectivity index (χ1v) is 7.79. The van der Waals surface area contributed by atoms with Crippen molar-refractivity contribution in [3.05, 3.63) is 65.2 Å². The number of nitriles is 1. The van der Waals surface area contributed by atoms with E-state index >= 15 is 0 Å². The third kappa shape index (κ3) is 5.92. The van der Waals surface area contributed by atoms with Crippen molar-refractivity contribution < 1.29 is 19.4 Å². The van der Waals surface area contributed by atoms with Crippen molar-refractivity contribution in [2.75, 3.05) is 20.3 Å². The fraction of sp³-hybridized carbons (Fsp3) is 0.263. The molecule has 0 heterocycles. The predicted molar refractivity (Wildman–Crippen MR) is 92.1 cm³/mol. The highest BCUT2D eigenvalue weighted by Gasteiger charge is 2.09. The number of aliphatic hydroxyl groups is 1. The number of rotatable bonds is 8. The van der Waals surface area contributed by atoms with Crippen molar-refractivity contribution in [3.63, 3.8) is 0 Å². The zero-order valence-electron chi connectivity index (χ0n) is 13.9. The highest BCUT2D eigenvalue weighted by molar-refractivity contribution is 5.94. The number of nitrogens with zero attached hydrogens (tertiary/aromatic N) is 1. The van der Waals surface area contributed by atoms with Gasteiger partial charge < -0.3 is 19.9 Å². The Bertz CT molecular complexity index is 721. The van der Waals surface area contributed by atoms with Crippen LogP contribution >= 0.6 is 0 Å². The molecule has 25 heavy (non-hydrogen) atoms. The summed E-state index contributed by atoms with van der Waals surface area (Å²) < 4.78 is 10.5. The maximum Gasteiger partial charge on any atom is 0.251 e. The molecule has 0 saturated carbocycles. The van der Waals surface area contributed by atoms with Crippen LogP contribution in [0.1, 0.15) is 21.5 Å². The molecule has 0 saturated heterocycles. The van der Waals surface area contributed by atoms with Crippen molar-refractivity contribution in [1.29, 1.82) is 5.26 Å². The monoisotopic (exact) mass is 340 g/mol. The van der Waals surface area contributed by atoms with E-state index in [4.69, 9.17) is 14.7 Å². The van der Waals surface area contributed by atoms with Gasteiger partial charge in [0.25, 0.3) is 5.91 Å². The zero-order chi connectivity index (χ0) is 18.1. The molecular formula is C19H20N2O4. The molecule has 0 radical (unpaired) electrons. The topological polar surface area (TPSA) is 91.6 Å². The summed E-state index contributed by atoms with van der Waals surface area (Å²) in [6.45, 7) is 0.561. The van der Waals surface area contributed by atoms with Crippen molar-refractivity contribution >= 4 is 5.91 Å². The van der Waals surface area contributed by atoms with Gasteiger partial charge in [-0.3, -0.25) is 4.79 Å². The molecule has 2 rings (SSSR count). The molecule has 0 unspecified atom stereocenters. The van der Waals surface area contributed by atoms with Gasteiger partial charge in [-0.15, -0.1) is 0 Å². The number of amides is 1. The van der Waals surface area contributed by atoms with Crippen LogP contribution in [-0.2, 0) is 11.3 Å². The fourth-order valence-corrected chi connectivity index (χ4v) is 2.10. The normalized spacial score (nSPS) is 11.4. The number of hydrogen-bond acceptors (Lipinski definition) is 5. The van der Waals surface area contributed by atoms with E-state index in [1.54, 1.807) is 31.4 Å². The van der Waals surface area contributed by atoms with Crippen LogP contribution in [0.2, 0.25) is 0 Å². The second-order valence-corrected chi connectivity index (χ2v) is 5.42. The Morgan fingerprint density at radius 1 is 1.20 bits per heavy atom. The number of hydrogen-bond donors (Lipinski definition) is 2. The number of methoxy groups -OCH3 is 1. The van der Waals surface area contributed by atoms with Crippen LogP contribution in [0.5, 0.6) is 5.75 Å². The number of carbonyl (C=O) groups is 1. The lowest BCUT2D eigenvalue weighted by atomic mass is 10.1. The van der Waals surface area contributed by atoms with Gasteiger partial charge in [0.05, 0.1) is 38.1 Å². The Kier molecular flexibility index (Phi) is 6.96. The van der Waals surface area contributed by atoms with E-state index in [1.807, 2.05) is 30.3 Å². The average Bonchev–Trinajstić information content (AvgIpc) is 2.66. The van der Waals surface area contributed by atoms with Crippen molar-refractivity contribution in [2.45, 2.75) is 12.7 Å². The molecule has 2 aromatic carbocycles. The number of nitrogens with one attached hydrogen (secondary N) is 1. The SMILES string of the molecule is COc1ccc(COC[C@H](O)CNC(=O)c2ccc(C#N)cc2)cc1. The lowest BCUT2D eigenvalue weighted by Gasteiger charge is -2.13. The van der Waals surface area contributed by atoms with Crippen LogP contribution in [0.3, 0.4) is 0 Å². The Hall–Kier alpha value is -2.88. The molecular weight excluding hydrogens is 320 g/mol. The minimum absolute atomic E-state index is 0.0848. The summed E-state index contributed by atoms with van der Waals surface area (Å²) in [6, 6.07) is 15.7. The lowest BCUT2D eigenvalue weighted by Crippen LogP contribution is -2.34. The van der Waals surface area contributed by atoms with Gasteiger partial charge in [-0.25, -0.2) is 0 Å². The molecule has 1 atom stereocenters. The number of carbonyl (C=O) groups excluding carboxylic acids is 1. The molecule has 2 N–H and O–H groups in total. The Balaban J connectivity index is 1.69. The first-order chi connectivity index (χ1) is 12.1. The van der Waals surface area contributed by atoms with Gasteiger partial charge in [-0.05, 0) is 42.0 Å². The summed E-state index contributed by atoms with van der Waals surface area (Å²) in [6.07, 6.45) is -0.805. The molecule has 0 aliphatic carbocycles. The quantitative estimate of drug-likeness (QED) is 0.765. The zero-order valence-corrected chi connectivity index (χ0v) is 13.9. The molecule has 0 aliphatic rings. The van der Waals surface area contributed by atoms with Crippen molar-refractivity contribution in [2.24, 2.45) is 0 Å². The van der Waals surface area contributed by atoms with E-state index in [0.717, 1.165) is 11.3 Å². The van der Waals surface area contributed by atoms with E-state index in [0.29, 0.717) is 17.7 Å². The number of aliphatic hydroxyl groups excluding tert-OH is 1. The molecule has 0 fully saturated rings. The highest BCUT2D eigenvalue weighted by Crippen LogP contribution is 2.12. The van der Waals surface area contributed by atoms with Gasteiger partial charge in [-0.1, -0.05) is 12.1 Å². The fourth-order valence-electron chi connectivity index (χ4n) is 2.10. The van der Waals surface area contributed by atoms with Gasteiger partial charge in [0.1, 0.15) is 5.75 Å². The second kappa shape index (κ2) is 9.42. The molecule has 1 amide bonds. The minimum Gasteiger partial charge on any atom is -0.497 e. The van der Waals surface area contributed by atoms with Crippen LogP contribution in [-0.4, -0.2) is 37.4 Å². The molecule has 0 aliphatic heterocycles. The van der Waals surface area contributed by atoms with E-state index in [-0.39, 0.29) is 19.1 Å². The second-order valence-electron chi connectivity index (χ2n) is 5.42. The molecule has 0 spiro atoms. The van der Waals surface area contributed by atoms with E-state index < -0.39 is 6.10 Å². The van der Waals surface area contributed by atoms with Crippen molar-refractivity contribution in [1.82, 2.24) is 5.32 Å². The summed E-state index contributed by atoms with van der Waals surface area (Å²) in [4.78, 5) is 11.9. The van der Waals surface area contributed by atoms with Gasteiger partial charge in [0.15, 0.2) is 0 Å². The third-order valence-corrected chi connectivity index (χ3v) is 3.51. The van der Waals surface area contributed by atoms with Gasteiger partial charge in [0, 0.05) is 12.1 Å². The molecule has 6 nitrogen and oxygen atoms in total. The van der Waals surface area contributed by atoms with Crippen LogP contribution in [0.15, 0.2) is 48.5 Å². The molecule has 2 aromatic rings.